The van der Waals surface area contributed by atoms with Crippen LogP contribution in [0.3, 0.4) is 0 Å². The second-order valence-corrected chi connectivity index (χ2v) is 7.67. The molecule has 0 aromatic rings. The first-order chi connectivity index (χ1) is 8.98. The maximum absolute atomic E-state index is 12.9. The fourth-order valence-corrected chi connectivity index (χ4v) is 5.25. The standard InChI is InChI=1S/C15H24N2OS/c1-17(3-2-13(16)19)14(18)15-7-10-4-11(8-15)6-12(5-10)9-15/h10-12H,2-9H2,1H3,(H2,16,19). The Hall–Kier alpha value is -0.640. The number of carbonyl (C=O) groups is 1. The quantitative estimate of drug-likeness (QED) is 0.804. The number of hydrogen-bond acceptors (Lipinski definition) is 2. The van der Waals surface area contributed by atoms with Crippen LogP contribution in [-0.4, -0.2) is 29.4 Å². The molecular weight excluding hydrogens is 256 g/mol. The summed E-state index contributed by atoms with van der Waals surface area (Å²) < 4.78 is 0. The van der Waals surface area contributed by atoms with Gasteiger partial charge < -0.3 is 10.6 Å². The third-order valence-corrected chi connectivity index (χ3v) is 5.74. The van der Waals surface area contributed by atoms with Crippen molar-refractivity contribution in [3.8, 4) is 0 Å². The third kappa shape index (κ3) is 2.39. The van der Waals surface area contributed by atoms with E-state index in [1.54, 1.807) is 0 Å². The van der Waals surface area contributed by atoms with E-state index in [0.29, 0.717) is 23.9 Å². The van der Waals surface area contributed by atoms with E-state index in [0.717, 1.165) is 37.0 Å². The van der Waals surface area contributed by atoms with Gasteiger partial charge in [0.25, 0.3) is 0 Å². The largest absolute Gasteiger partial charge is 0.393 e. The van der Waals surface area contributed by atoms with Gasteiger partial charge in [0.1, 0.15) is 0 Å². The zero-order valence-electron chi connectivity index (χ0n) is 11.7. The second-order valence-electron chi connectivity index (χ2n) is 7.14. The molecule has 4 heteroatoms. The van der Waals surface area contributed by atoms with Crippen LogP contribution in [0.5, 0.6) is 0 Å². The predicted octanol–water partition coefficient (Wildman–Crippen LogP) is 2.34. The van der Waals surface area contributed by atoms with Gasteiger partial charge in [-0.2, -0.15) is 0 Å². The van der Waals surface area contributed by atoms with Crippen LogP contribution in [0, 0.1) is 23.2 Å². The predicted molar refractivity (Wildman–Crippen MR) is 79.6 cm³/mol. The number of rotatable bonds is 4. The second kappa shape index (κ2) is 4.72. The Balaban J connectivity index is 1.70. The first-order valence-corrected chi connectivity index (χ1v) is 7.93. The summed E-state index contributed by atoms with van der Waals surface area (Å²) in [6, 6.07) is 0. The fourth-order valence-electron chi connectivity index (χ4n) is 5.16. The molecule has 0 unspecified atom stereocenters. The van der Waals surface area contributed by atoms with E-state index in [1.165, 1.54) is 19.3 Å². The maximum Gasteiger partial charge on any atom is 0.228 e. The molecule has 4 fully saturated rings. The molecule has 1 amide bonds. The molecule has 4 aliphatic rings. The molecular formula is C15H24N2OS. The molecule has 4 aliphatic carbocycles. The Bertz CT molecular complexity index is 372. The highest BCUT2D eigenvalue weighted by molar-refractivity contribution is 7.80. The van der Waals surface area contributed by atoms with E-state index in [-0.39, 0.29) is 5.41 Å². The van der Waals surface area contributed by atoms with E-state index in [4.69, 9.17) is 18.0 Å². The van der Waals surface area contributed by atoms with Gasteiger partial charge in [0.2, 0.25) is 5.91 Å². The van der Waals surface area contributed by atoms with Crippen LogP contribution in [0.1, 0.15) is 44.9 Å². The molecule has 0 aliphatic heterocycles. The Kier molecular flexibility index (Phi) is 3.32. The molecule has 0 radical (unpaired) electrons. The van der Waals surface area contributed by atoms with Gasteiger partial charge in [0.15, 0.2) is 0 Å². The number of thiocarbonyl (C=S) groups is 1. The Morgan fingerprint density at radius 2 is 1.68 bits per heavy atom. The van der Waals surface area contributed by atoms with Crippen molar-refractivity contribution in [2.24, 2.45) is 28.9 Å². The van der Waals surface area contributed by atoms with Crippen molar-refractivity contribution < 1.29 is 4.79 Å². The monoisotopic (exact) mass is 280 g/mol. The van der Waals surface area contributed by atoms with Crippen molar-refractivity contribution >= 4 is 23.1 Å². The summed E-state index contributed by atoms with van der Waals surface area (Å²) in [5, 5.41) is 0. The summed E-state index contributed by atoms with van der Waals surface area (Å²) in [7, 11) is 1.92. The third-order valence-electron chi connectivity index (χ3n) is 5.53. The summed E-state index contributed by atoms with van der Waals surface area (Å²) in [4.78, 5) is 15.2. The SMILES string of the molecule is CN(CCC(N)=S)C(=O)C12CC3CC(CC(C3)C1)C2. The molecule has 4 saturated carbocycles. The molecule has 4 rings (SSSR count). The Morgan fingerprint density at radius 1 is 1.21 bits per heavy atom. The van der Waals surface area contributed by atoms with Crippen molar-refractivity contribution in [2.75, 3.05) is 13.6 Å². The normalized spacial score (nSPS) is 39.3. The van der Waals surface area contributed by atoms with Gasteiger partial charge in [-0.15, -0.1) is 0 Å². The van der Waals surface area contributed by atoms with Crippen LogP contribution in [0.4, 0.5) is 0 Å². The van der Waals surface area contributed by atoms with Crippen molar-refractivity contribution in [3.05, 3.63) is 0 Å². The highest BCUT2D eigenvalue weighted by atomic mass is 32.1. The summed E-state index contributed by atoms with van der Waals surface area (Å²) in [6.07, 6.45) is 8.18. The van der Waals surface area contributed by atoms with Gasteiger partial charge in [-0.25, -0.2) is 0 Å². The van der Waals surface area contributed by atoms with Gasteiger partial charge in [-0.1, -0.05) is 12.2 Å². The minimum Gasteiger partial charge on any atom is -0.393 e. The minimum atomic E-state index is -0.0281. The molecule has 3 nitrogen and oxygen atoms in total. The lowest BCUT2D eigenvalue weighted by atomic mass is 9.49. The van der Waals surface area contributed by atoms with E-state index in [1.807, 2.05) is 11.9 Å². The highest BCUT2D eigenvalue weighted by Crippen LogP contribution is 2.60. The van der Waals surface area contributed by atoms with Crippen LogP contribution in [0.2, 0.25) is 0 Å². The van der Waals surface area contributed by atoms with Gasteiger partial charge in [-0.3, -0.25) is 4.79 Å². The minimum absolute atomic E-state index is 0.0281. The van der Waals surface area contributed by atoms with Gasteiger partial charge in [-0.05, 0) is 56.3 Å². The lowest BCUT2D eigenvalue weighted by Gasteiger charge is -2.56. The Labute approximate surface area is 120 Å². The molecule has 19 heavy (non-hydrogen) atoms. The lowest BCUT2D eigenvalue weighted by molar-refractivity contribution is -0.156. The van der Waals surface area contributed by atoms with Crippen LogP contribution >= 0.6 is 12.2 Å². The number of nitrogens with zero attached hydrogens (tertiary/aromatic N) is 1. The maximum atomic E-state index is 12.9. The van der Waals surface area contributed by atoms with E-state index >= 15 is 0 Å². The van der Waals surface area contributed by atoms with E-state index in [9.17, 15) is 4.79 Å². The van der Waals surface area contributed by atoms with Gasteiger partial charge in [0.05, 0.1) is 10.4 Å². The topological polar surface area (TPSA) is 46.3 Å². The van der Waals surface area contributed by atoms with Crippen LogP contribution < -0.4 is 5.73 Å². The summed E-state index contributed by atoms with van der Waals surface area (Å²) in [5.41, 5.74) is 5.51. The Morgan fingerprint density at radius 3 is 2.11 bits per heavy atom. The zero-order chi connectivity index (χ0) is 13.6. The van der Waals surface area contributed by atoms with Crippen molar-refractivity contribution in [1.29, 1.82) is 0 Å². The van der Waals surface area contributed by atoms with E-state index < -0.39 is 0 Å². The first kappa shape index (κ1) is 13.3. The van der Waals surface area contributed by atoms with Crippen molar-refractivity contribution in [2.45, 2.75) is 44.9 Å². The van der Waals surface area contributed by atoms with Crippen LogP contribution in [-0.2, 0) is 4.79 Å². The fraction of sp³-hybridized carbons (Fsp3) is 0.867. The van der Waals surface area contributed by atoms with Crippen LogP contribution in [0.25, 0.3) is 0 Å². The molecule has 0 spiro atoms. The highest BCUT2D eigenvalue weighted by Gasteiger charge is 2.55. The molecule has 4 bridgehead atoms. The van der Waals surface area contributed by atoms with Crippen molar-refractivity contribution in [3.63, 3.8) is 0 Å². The molecule has 0 heterocycles. The molecule has 0 aromatic carbocycles. The van der Waals surface area contributed by atoms with Gasteiger partial charge >= 0.3 is 0 Å². The average molecular weight is 280 g/mol. The van der Waals surface area contributed by atoms with Crippen molar-refractivity contribution in [1.82, 2.24) is 4.90 Å². The molecule has 0 saturated heterocycles. The van der Waals surface area contributed by atoms with E-state index in [2.05, 4.69) is 0 Å². The lowest BCUT2D eigenvalue weighted by Crippen LogP contribution is -2.54. The molecule has 106 valence electrons. The number of nitrogens with two attached hydrogens (primary N) is 1. The molecule has 2 N–H and O–H groups in total. The summed E-state index contributed by atoms with van der Waals surface area (Å²) >= 11 is 4.91. The number of carbonyl (C=O) groups excluding carboxylic acids is 1. The summed E-state index contributed by atoms with van der Waals surface area (Å²) in [6.45, 7) is 0.677. The smallest absolute Gasteiger partial charge is 0.228 e. The van der Waals surface area contributed by atoms with Crippen LogP contribution in [0.15, 0.2) is 0 Å². The molecule has 0 atom stereocenters. The average Bonchev–Trinajstić information content (AvgIpc) is 2.33. The zero-order valence-corrected chi connectivity index (χ0v) is 12.5. The summed E-state index contributed by atoms with van der Waals surface area (Å²) in [5.74, 6) is 2.82. The number of amides is 1. The number of hydrogen-bond donors (Lipinski definition) is 1. The molecule has 0 aromatic heterocycles. The first-order valence-electron chi connectivity index (χ1n) is 7.52. The van der Waals surface area contributed by atoms with Gasteiger partial charge in [0, 0.05) is 20.0 Å².